The summed E-state index contributed by atoms with van der Waals surface area (Å²) in [5.74, 6) is 0. The van der Waals surface area contributed by atoms with Gasteiger partial charge in [0.05, 0.1) is 0 Å². The van der Waals surface area contributed by atoms with Gasteiger partial charge in [0.1, 0.15) is 0 Å². The second-order valence-electron chi connectivity index (χ2n) is 5.06. The number of likely N-dealkylation sites (N-methyl/N-ethyl adjacent to an activating group) is 2. The van der Waals surface area contributed by atoms with Gasteiger partial charge in [0.25, 0.3) is 0 Å². The predicted molar refractivity (Wildman–Crippen MR) is 78.3 cm³/mol. The largest absolute Gasteiger partial charge is 0.371 e. The molecule has 0 aliphatic carbocycles. The quantitative estimate of drug-likeness (QED) is 0.785. The molecule has 0 spiro atoms. The van der Waals surface area contributed by atoms with Crippen LogP contribution in [0.25, 0.3) is 0 Å². The third-order valence-corrected chi connectivity index (χ3v) is 3.79. The normalized spacial score (nSPS) is 17.9. The van der Waals surface area contributed by atoms with Crippen LogP contribution in [0.4, 0.5) is 5.69 Å². The van der Waals surface area contributed by atoms with E-state index >= 15 is 0 Å². The molecule has 1 fully saturated rings. The second kappa shape index (κ2) is 6.76. The number of hydrogen-bond donors (Lipinski definition) is 0. The van der Waals surface area contributed by atoms with Crippen LogP contribution in [0.3, 0.4) is 0 Å². The summed E-state index contributed by atoms with van der Waals surface area (Å²) in [4.78, 5) is 7.44. The van der Waals surface area contributed by atoms with Crippen LogP contribution in [0.15, 0.2) is 30.3 Å². The summed E-state index contributed by atoms with van der Waals surface area (Å²) in [6.45, 7) is 10.5. The van der Waals surface area contributed by atoms with Crippen LogP contribution in [-0.4, -0.2) is 62.7 Å². The lowest BCUT2D eigenvalue weighted by Crippen LogP contribution is -2.47. The number of piperazine rings is 1. The molecule has 1 aromatic carbocycles. The molecule has 0 bridgehead atoms. The van der Waals surface area contributed by atoms with Crippen molar-refractivity contribution in [1.82, 2.24) is 9.80 Å². The number of benzene rings is 1. The summed E-state index contributed by atoms with van der Waals surface area (Å²) >= 11 is 0. The van der Waals surface area contributed by atoms with E-state index in [4.69, 9.17) is 0 Å². The Hall–Kier alpha value is -1.06. The zero-order chi connectivity index (χ0) is 12.8. The minimum atomic E-state index is 1.08. The molecule has 0 aromatic heterocycles. The van der Waals surface area contributed by atoms with Crippen molar-refractivity contribution in [3.05, 3.63) is 30.3 Å². The summed E-state index contributed by atoms with van der Waals surface area (Å²) in [6, 6.07) is 10.7. The van der Waals surface area contributed by atoms with Gasteiger partial charge in [-0.2, -0.15) is 0 Å². The number of nitrogens with zero attached hydrogens (tertiary/aromatic N) is 3. The zero-order valence-electron chi connectivity index (χ0n) is 11.7. The zero-order valence-corrected chi connectivity index (χ0v) is 11.7. The van der Waals surface area contributed by atoms with E-state index in [0.29, 0.717) is 0 Å². The van der Waals surface area contributed by atoms with Gasteiger partial charge in [0.2, 0.25) is 0 Å². The predicted octanol–water partition coefficient (Wildman–Crippen LogP) is 1.76. The maximum atomic E-state index is 2.58. The van der Waals surface area contributed by atoms with Crippen molar-refractivity contribution in [2.75, 3.05) is 57.8 Å². The van der Waals surface area contributed by atoms with Gasteiger partial charge < -0.3 is 9.80 Å². The minimum Gasteiger partial charge on any atom is -0.371 e. The van der Waals surface area contributed by atoms with E-state index in [1.165, 1.54) is 38.4 Å². The van der Waals surface area contributed by atoms with Crippen molar-refractivity contribution in [2.24, 2.45) is 0 Å². The van der Waals surface area contributed by atoms with Crippen LogP contribution in [0, 0.1) is 0 Å². The Labute approximate surface area is 111 Å². The van der Waals surface area contributed by atoms with Crippen LogP contribution in [-0.2, 0) is 0 Å². The summed E-state index contributed by atoms with van der Waals surface area (Å²) in [5.41, 5.74) is 1.34. The van der Waals surface area contributed by atoms with Crippen LogP contribution >= 0.6 is 0 Å². The number of para-hydroxylation sites is 1. The SMILES string of the molecule is CCN(CCN1CCN(C)CC1)c1ccccc1. The topological polar surface area (TPSA) is 9.72 Å². The lowest BCUT2D eigenvalue weighted by atomic mass is 10.2. The molecule has 1 saturated heterocycles. The highest BCUT2D eigenvalue weighted by molar-refractivity contribution is 5.45. The Morgan fingerprint density at radius 3 is 2.33 bits per heavy atom. The molecule has 0 atom stereocenters. The second-order valence-corrected chi connectivity index (χ2v) is 5.06. The van der Waals surface area contributed by atoms with Crippen molar-refractivity contribution in [3.8, 4) is 0 Å². The van der Waals surface area contributed by atoms with Gasteiger partial charge in [0.15, 0.2) is 0 Å². The van der Waals surface area contributed by atoms with E-state index in [1.807, 2.05) is 0 Å². The third kappa shape index (κ3) is 3.72. The Balaban J connectivity index is 1.81. The van der Waals surface area contributed by atoms with Crippen LogP contribution in [0.2, 0.25) is 0 Å². The number of hydrogen-bond acceptors (Lipinski definition) is 3. The molecule has 0 N–H and O–H groups in total. The lowest BCUT2D eigenvalue weighted by molar-refractivity contribution is 0.157. The first-order valence-electron chi connectivity index (χ1n) is 7.00. The fraction of sp³-hybridized carbons (Fsp3) is 0.600. The average molecular weight is 247 g/mol. The molecule has 3 heteroatoms. The molecule has 0 saturated carbocycles. The molecule has 1 heterocycles. The molecule has 3 nitrogen and oxygen atoms in total. The highest BCUT2D eigenvalue weighted by Crippen LogP contribution is 2.12. The van der Waals surface area contributed by atoms with Gasteiger partial charge >= 0.3 is 0 Å². The maximum absolute atomic E-state index is 2.58. The van der Waals surface area contributed by atoms with Crippen molar-refractivity contribution >= 4 is 5.69 Å². The third-order valence-electron chi connectivity index (χ3n) is 3.79. The van der Waals surface area contributed by atoms with Crippen LogP contribution in [0.5, 0.6) is 0 Å². The molecular formula is C15H25N3. The highest BCUT2D eigenvalue weighted by atomic mass is 15.3. The minimum absolute atomic E-state index is 1.08. The summed E-state index contributed by atoms with van der Waals surface area (Å²) in [7, 11) is 2.21. The molecule has 100 valence electrons. The molecule has 0 unspecified atom stereocenters. The molecule has 2 rings (SSSR count). The van der Waals surface area contributed by atoms with Gasteiger partial charge in [-0.25, -0.2) is 0 Å². The Morgan fingerprint density at radius 2 is 1.72 bits per heavy atom. The smallest absolute Gasteiger partial charge is 0.0366 e. The maximum Gasteiger partial charge on any atom is 0.0366 e. The van der Waals surface area contributed by atoms with E-state index in [-0.39, 0.29) is 0 Å². The van der Waals surface area contributed by atoms with Crippen LogP contribution < -0.4 is 4.90 Å². The molecule has 0 amide bonds. The van der Waals surface area contributed by atoms with Gasteiger partial charge in [-0.05, 0) is 26.1 Å². The van der Waals surface area contributed by atoms with Crippen molar-refractivity contribution in [2.45, 2.75) is 6.92 Å². The monoisotopic (exact) mass is 247 g/mol. The molecule has 1 aromatic rings. The summed E-state index contributed by atoms with van der Waals surface area (Å²) in [6.07, 6.45) is 0. The fourth-order valence-corrected chi connectivity index (χ4v) is 2.44. The van der Waals surface area contributed by atoms with Gasteiger partial charge in [-0.3, -0.25) is 4.90 Å². The average Bonchev–Trinajstić information content (AvgIpc) is 2.43. The van der Waals surface area contributed by atoms with E-state index in [0.717, 1.165) is 13.1 Å². The first-order valence-corrected chi connectivity index (χ1v) is 7.00. The van der Waals surface area contributed by atoms with Gasteiger partial charge in [-0.1, -0.05) is 18.2 Å². The Morgan fingerprint density at radius 1 is 1.06 bits per heavy atom. The first-order chi connectivity index (χ1) is 8.79. The van der Waals surface area contributed by atoms with Crippen molar-refractivity contribution in [1.29, 1.82) is 0 Å². The first kappa shape index (κ1) is 13.4. The number of rotatable bonds is 5. The molecular weight excluding hydrogens is 222 g/mol. The van der Waals surface area contributed by atoms with E-state index in [2.05, 4.69) is 59.0 Å². The standard InChI is InChI=1S/C15H25N3/c1-3-18(15-7-5-4-6-8-15)14-13-17-11-9-16(2)10-12-17/h4-8H,3,9-14H2,1-2H3. The number of anilines is 1. The Kier molecular flexibility index (Phi) is 5.02. The van der Waals surface area contributed by atoms with E-state index in [1.54, 1.807) is 0 Å². The fourth-order valence-electron chi connectivity index (χ4n) is 2.44. The van der Waals surface area contributed by atoms with Gasteiger partial charge in [-0.15, -0.1) is 0 Å². The molecule has 18 heavy (non-hydrogen) atoms. The highest BCUT2D eigenvalue weighted by Gasteiger charge is 2.14. The summed E-state index contributed by atoms with van der Waals surface area (Å²) in [5, 5.41) is 0. The van der Waals surface area contributed by atoms with Crippen molar-refractivity contribution in [3.63, 3.8) is 0 Å². The molecule has 0 radical (unpaired) electrons. The van der Waals surface area contributed by atoms with E-state index in [9.17, 15) is 0 Å². The lowest BCUT2D eigenvalue weighted by Gasteiger charge is -2.34. The molecule has 1 aliphatic heterocycles. The summed E-state index contributed by atoms with van der Waals surface area (Å²) < 4.78 is 0. The molecule has 1 aliphatic rings. The van der Waals surface area contributed by atoms with E-state index < -0.39 is 0 Å². The van der Waals surface area contributed by atoms with Crippen LogP contribution in [0.1, 0.15) is 6.92 Å². The van der Waals surface area contributed by atoms with Gasteiger partial charge in [0, 0.05) is 51.5 Å². The Bertz CT molecular complexity index is 331. The van der Waals surface area contributed by atoms with Crippen molar-refractivity contribution < 1.29 is 0 Å².